The summed E-state index contributed by atoms with van der Waals surface area (Å²) in [6, 6.07) is 11.5. The van der Waals surface area contributed by atoms with Gasteiger partial charge in [-0.05, 0) is 32.4 Å². The van der Waals surface area contributed by atoms with Crippen molar-refractivity contribution in [2.24, 2.45) is 0 Å². The molecule has 0 N–H and O–H groups in total. The molecule has 0 saturated heterocycles. The number of nitrogens with zero attached hydrogens (tertiary/aromatic N) is 5. The lowest BCUT2D eigenvalue weighted by Crippen LogP contribution is -2.31. The van der Waals surface area contributed by atoms with Gasteiger partial charge in [0.15, 0.2) is 0 Å². The highest BCUT2D eigenvalue weighted by atomic mass is 32.2. The predicted octanol–water partition coefficient (Wildman–Crippen LogP) is 2.82. The minimum atomic E-state index is -3.71. The van der Waals surface area contributed by atoms with E-state index in [-0.39, 0.29) is 18.0 Å². The number of rotatable bonds is 8. The van der Waals surface area contributed by atoms with Gasteiger partial charge in [0.1, 0.15) is 4.90 Å². The van der Waals surface area contributed by atoms with Gasteiger partial charge in [-0.1, -0.05) is 30.3 Å². The number of hydrogen-bond donors (Lipinski definition) is 0. The summed E-state index contributed by atoms with van der Waals surface area (Å²) in [5.74, 6) is 0. The molecule has 0 bridgehead atoms. The molecule has 27 heavy (non-hydrogen) atoms. The maximum Gasteiger partial charge on any atom is 0.247 e. The first-order chi connectivity index (χ1) is 13.0. The van der Waals surface area contributed by atoms with Crippen LogP contribution in [0.5, 0.6) is 0 Å². The van der Waals surface area contributed by atoms with Crippen LogP contribution in [0.3, 0.4) is 0 Å². The molecule has 1 aromatic carbocycles. The third-order valence-electron chi connectivity index (χ3n) is 4.49. The molecule has 3 rings (SSSR count). The van der Waals surface area contributed by atoms with E-state index in [2.05, 4.69) is 10.2 Å². The number of sulfonamides is 1. The monoisotopic (exact) mass is 387 g/mol. The van der Waals surface area contributed by atoms with E-state index in [9.17, 15) is 8.42 Å². The van der Waals surface area contributed by atoms with Crippen LogP contribution in [-0.4, -0.2) is 32.3 Å². The molecule has 0 unspecified atom stereocenters. The molecule has 0 aliphatic heterocycles. The van der Waals surface area contributed by atoms with Crippen LogP contribution in [0.1, 0.15) is 30.8 Å². The summed E-state index contributed by atoms with van der Waals surface area (Å²) in [6.07, 6.45) is 3.31. The Morgan fingerprint density at radius 3 is 2.41 bits per heavy atom. The van der Waals surface area contributed by atoms with E-state index in [1.165, 1.54) is 4.31 Å². The highest BCUT2D eigenvalue weighted by Gasteiger charge is 2.29. The van der Waals surface area contributed by atoms with Crippen molar-refractivity contribution in [3.05, 3.63) is 65.7 Å². The second kappa shape index (κ2) is 8.06. The largest absolute Gasteiger partial charge is 0.271 e. The van der Waals surface area contributed by atoms with Crippen molar-refractivity contribution in [1.82, 2.24) is 23.9 Å². The van der Waals surface area contributed by atoms with Crippen LogP contribution >= 0.6 is 0 Å². The number of aryl methyl sites for hydroxylation is 3. The van der Waals surface area contributed by atoms with Gasteiger partial charge >= 0.3 is 0 Å². The van der Waals surface area contributed by atoms with E-state index in [0.717, 1.165) is 11.3 Å². The quantitative estimate of drug-likeness (QED) is 0.596. The Balaban J connectivity index is 2.00. The van der Waals surface area contributed by atoms with E-state index in [1.54, 1.807) is 24.0 Å². The molecule has 7 nitrogen and oxygen atoms in total. The van der Waals surface area contributed by atoms with Gasteiger partial charge in [0, 0.05) is 32.0 Å². The highest BCUT2D eigenvalue weighted by Crippen LogP contribution is 2.23. The van der Waals surface area contributed by atoms with Crippen LogP contribution < -0.4 is 0 Å². The van der Waals surface area contributed by atoms with Crippen LogP contribution in [0.15, 0.2) is 53.7 Å². The zero-order valence-corrected chi connectivity index (χ0v) is 16.7. The Morgan fingerprint density at radius 1 is 1.04 bits per heavy atom. The molecule has 2 heterocycles. The topological polar surface area (TPSA) is 73.0 Å². The van der Waals surface area contributed by atoms with Crippen molar-refractivity contribution in [2.45, 2.75) is 51.8 Å². The second-order valence-corrected chi connectivity index (χ2v) is 8.24. The standard InChI is InChI=1S/C19H25N5O2S/c1-4-22-15-19(16(3)21-22)27(25,26)23(13-17-9-7-6-8-10-17)14-18-11-12-20-24(18)5-2/h6-12,15H,4-5,13-14H2,1-3H3. The Labute approximate surface area is 160 Å². The summed E-state index contributed by atoms with van der Waals surface area (Å²) >= 11 is 0. The van der Waals surface area contributed by atoms with E-state index in [1.807, 2.05) is 54.9 Å². The number of benzene rings is 1. The summed E-state index contributed by atoms with van der Waals surface area (Å²) in [7, 11) is -3.71. The lowest BCUT2D eigenvalue weighted by atomic mass is 10.2. The zero-order chi connectivity index (χ0) is 19.4. The lowest BCUT2D eigenvalue weighted by molar-refractivity contribution is 0.386. The third kappa shape index (κ3) is 4.12. The van der Waals surface area contributed by atoms with Crippen LogP contribution in [0.4, 0.5) is 0 Å². The van der Waals surface area contributed by atoms with Gasteiger partial charge in [-0.2, -0.15) is 14.5 Å². The zero-order valence-electron chi connectivity index (χ0n) is 15.9. The Hall–Kier alpha value is -2.45. The van der Waals surface area contributed by atoms with Gasteiger partial charge < -0.3 is 0 Å². The SMILES string of the molecule is CCn1cc(S(=O)(=O)N(Cc2ccccc2)Cc2ccnn2CC)c(C)n1. The second-order valence-electron chi connectivity index (χ2n) is 6.33. The van der Waals surface area contributed by atoms with E-state index in [4.69, 9.17) is 0 Å². The van der Waals surface area contributed by atoms with Crippen molar-refractivity contribution in [2.75, 3.05) is 0 Å². The molecule has 0 spiro atoms. The number of aromatic nitrogens is 4. The first-order valence-corrected chi connectivity index (χ1v) is 10.5. The third-order valence-corrected chi connectivity index (χ3v) is 6.38. The van der Waals surface area contributed by atoms with Gasteiger partial charge in [-0.3, -0.25) is 9.36 Å². The van der Waals surface area contributed by atoms with E-state index >= 15 is 0 Å². The maximum atomic E-state index is 13.5. The molecule has 0 aliphatic rings. The molecule has 144 valence electrons. The van der Waals surface area contributed by atoms with Gasteiger partial charge in [0.25, 0.3) is 0 Å². The molecule has 0 amide bonds. The molecule has 0 saturated carbocycles. The Bertz CT molecular complexity index is 992. The van der Waals surface area contributed by atoms with Gasteiger partial charge in [0.05, 0.1) is 17.9 Å². The van der Waals surface area contributed by atoms with Crippen LogP contribution in [-0.2, 0) is 36.2 Å². The van der Waals surface area contributed by atoms with E-state index in [0.29, 0.717) is 18.8 Å². The van der Waals surface area contributed by atoms with Crippen molar-refractivity contribution >= 4 is 10.0 Å². The van der Waals surface area contributed by atoms with Crippen molar-refractivity contribution in [3.63, 3.8) is 0 Å². The molecule has 2 aromatic heterocycles. The first-order valence-electron chi connectivity index (χ1n) is 9.04. The van der Waals surface area contributed by atoms with E-state index < -0.39 is 10.0 Å². The molecular formula is C19H25N5O2S. The fraction of sp³-hybridized carbons (Fsp3) is 0.368. The maximum absolute atomic E-state index is 13.5. The highest BCUT2D eigenvalue weighted by molar-refractivity contribution is 7.89. The molecule has 0 aliphatic carbocycles. The first kappa shape index (κ1) is 19.3. The average Bonchev–Trinajstić information content (AvgIpc) is 3.28. The molecule has 0 fully saturated rings. The Kier molecular flexibility index (Phi) is 5.76. The van der Waals surface area contributed by atoms with Gasteiger partial charge in [0.2, 0.25) is 10.0 Å². The smallest absolute Gasteiger partial charge is 0.247 e. The fourth-order valence-corrected chi connectivity index (χ4v) is 4.60. The molecular weight excluding hydrogens is 362 g/mol. The lowest BCUT2D eigenvalue weighted by Gasteiger charge is -2.22. The average molecular weight is 388 g/mol. The molecule has 3 aromatic rings. The summed E-state index contributed by atoms with van der Waals surface area (Å²) in [4.78, 5) is 0.253. The molecule has 0 atom stereocenters. The van der Waals surface area contributed by atoms with Crippen LogP contribution in [0.2, 0.25) is 0 Å². The molecule has 8 heteroatoms. The summed E-state index contributed by atoms with van der Waals surface area (Å²) in [5.41, 5.74) is 2.31. The summed E-state index contributed by atoms with van der Waals surface area (Å²) in [5, 5.41) is 8.57. The molecule has 0 radical (unpaired) electrons. The summed E-state index contributed by atoms with van der Waals surface area (Å²) in [6.45, 7) is 7.50. The number of hydrogen-bond acceptors (Lipinski definition) is 4. The van der Waals surface area contributed by atoms with Gasteiger partial charge in [-0.25, -0.2) is 8.42 Å². The van der Waals surface area contributed by atoms with Gasteiger partial charge in [-0.15, -0.1) is 0 Å². The van der Waals surface area contributed by atoms with Crippen molar-refractivity contribution < 1.29 is 8.42 Å². The van der Waals surface area contributed by atoms with Crippen molar-refractivity contribution in [3.8, 4) is 0 Å². The Morgan fingerprint density at radius 2 is 1.78 bits per heavy atom. The van der Waals surface area contributed by atoms with Crippen molar-refractivity contribution in [1.29, 1.82) is 0 Å². The fourth-order valence-electron chi connectivity index (χ4n) is 3.03. The summed E-state index contributed by atoms with van der Waals surface area (Å²) < 4.78 is 31.9. The van der Waals surface area contributed by atoms with Crippen LogP contribution in [0.25, 0.3) is 0 Å². The minimum Gasteiger partial charge on any atom is -0.271 e. The van der Waals surface area contributed by atoms with Crippen LogP contribution in [0, 0.1) is 6.92 Å². The predicted molar refractivity (Wildman–Crippen MR) is 103 cm³/mol. The minimum absolute atomic E-state index is 0.252. The normalized spacial score (nSPS) is 12.0.